The standard InChI is InChI=1S/C19H18O3/c1-21-14-3-5-16-11(9-14)7-13-8-12-10-15(22-2)4-6-17(12)19(20)18(13)16/h3-6,9-10,13,18H,7-8H2,1-2H3. The van der Waals surface area contributed by atoms with Crippen molar-refractivity contribution in [3.63, 3.8) is 0 Å². The van der Waals surface area contributed by atoms with Gasteiger partial charge in [0.2, 0.25) is 0 Å². The Labute approximate surface area is 129 Å². The van der Waals surface area contributed by atoms with Gasteiger partial charge in [0.1, 0.15) is 11.5 Å². The van der Waals surface area contributed by atoms with Crippen molar-refractivity contribution in [3.8, 4) is 11.5 Å². The van der Waals surface area contributed by atoms with Crippen LogP contribution in [-0.4, -0.2) is 20.0 Å². The third kappa shape index (κ3) is 1.85. The van der Waals surface area contributed by atoms with Crippen LogP contribution in [0.4, 0.5) is 0 Å². The van der Waals surface area contributed by atoms with Crippen molar-refractivity contribution in [1.29, 1.82) is 0 Å². The zero-order valence-corrected chi connectivity index (χ0v) is 12.8. The average molecular weight is 294 g/mol. The predicted molar refractivity (Wildman–Crippen MR) is 84.0 cm³/mol. The number of fused-ring (bicyclic) bond motifs is 4. The van der Waals surface area contributed by atoms with Crippen LogP contribution in [-0.2, 0) is 12.8 Å². The SMILES string of the molecule is COc1ccc2c(c1)CC1Cc3cc(OC)ccc3C1C2=O. The smallest absolute Gasteiger partial charge is 0.170 e. The Kier molecular flexibility index (Phi) is 2.96. The summed E-state index contributed by atoms with van der Waals surface area (Å²) in [4.78, 5) is 12.9. The van der Waals surface area contributed by atoms with Crippen LogP contribution in [0.2, 0.25) is 0 Å². The van der Waals surface area contributed by atoms with E-state index in [0.717, 1.165) is 35.5 Å². The van der Waals surface area contributed by atoms with Gasteiger partial charge in [-0.15, -0.1) is 0 Å². The van der Waals surface area contributed by atoms with Gasteiger partial charge in [-0.1, -0.05) is 6.07 Å². The van der Waals surface area contributed by atoms with Crippen LogP contribution in [0, 0.1) is 5.92 Å². The van der Waals surface area contributed by atoms with E-state index in [0.29, 0.717) is 5.92 Å². The van der Waals surface area contributed by atoms with Crippen LogP contribution in [0.3, 0.4) is 0 Å². The number of benzene rings is 2. The summed E-state index contributed by atoms with van der Waals surface area (Å²) in [7, 11) is 3.34. The molecule has 0 radical (unpaired) electrons. The van der Waals surface area contributed by atoms with E-state index in [1.165, 1.54) is 11.1 Å². The van der Waals surface area contributed by atoms with Crippen molar-refractivity contribution < 1.29 is 14.3 Å². The number of methoxy groups -OCH3 is 2. The second-order valence-corrected chi connectivity index (χ2v) is 6.10. The molecule has 2 aromatic rings. The third-order valence-corrected chi connectivity index (χ3v) is 4.98. The van der Waals surface area contributed by atoms with Crippen molar-refractivity contribution in [2.75, 3.05) is 14.2 Å². The highest BCUT2D eigenvalue weighted by molar-refractivity contribution is 6.04. The van der Waals surface area contributed by atoms with Gasteiger partial charge in [-0.05, 0) is 65.8 Å². The topological polar surface area (TPSA) is 35.5 Å². The Morgan fingerprint density at radius 2 is 1.55 bits per heavy atom. The molecule has 0 amide bonds. The minimum absolute atomic E-state index is 0.00167. The predicted octanol–water partition coefficient (Wildman–Crippen LogP) is 3.40. The van der Waals surface area contributed by atoms with E-state index in [1.807, 2.05) is 24.3 Å². The number of rotatable bonds is 2. The van der Waals surface area contributed by atoms with Gasteiger partial charge in [0.25, 0.3) is 0 Å². The molecule has 2 aliphatic rings. The molecule has 0 heterocycles. The Hall–Kier alpha value is -2.29. The number of ether oxygens (including phenoxy) is 2. The highest BCUT2D eigenvalue weighted by Crippen LogP contribution is 2.46. The summed E-state index contributed by atoms with van der Waals surface area (Å²) in [5.74, 6) is 2.29. The second-order valence-electron chi connectivity index (χ2n) is 6.10. The van der Waals surface area contributed by atoms with Crippen LogP contribution in [0.1, 0.15) is 33.0 Å². The molecule has 112 valence electrons. The van der Waals surface area contributed by atoms with Gasteiger partial charge in [-0.25, -0.2) is 0 Å². The van der Waals surface area contributed by atoms with Gasteiger partial charge in [-0.3, -0.25) is 4.79 Å². The molecule has 0 saturated carbocycles. The highest BCUT2D eigenvalue weighted by atomic mass is 16.5. The molecule has 2 aromatic carbocycles. The molecule has 4 rings (SSSR count). The summed E-state index contributed by atoms with van der Waals surface area (Å²) >= 11 is 0. The number of carbonyl (C=O) groups excluding carboxylic acids is 1. The van der Waals surface area contributed by atoms with Gasteiger partial charge < -0.3 is 9.47 Å². The van der Waals surface area contributed by atoms with Crippen LogP contribution in [0.5, 0.6) is 11.5 Å². The quantitative estimate of drug-likeness (QED) is 0.851. The summed E-state index contributed by atoms with van der Waals surface area (Å²) < 4.78 is 10.6. The fraction of sp³-hybridized carbons (Fsp3) is 0.316. The monoisotopic (exact) mass is 294 g/mol. The van der Waals surface area contributed by atoms with E-state index in [9.17, 15) is 4.79 Å². The zero-order chi connectivity index (χ0) is 15.3. The first-order valence-corrected chi connectivity index (χ1v) is 7.59. The number of hydrogen-bond donors (Lipinski definition) is 0. The number of hydrogen-bond acceptors (Lipinski definition) is 3. The first-order chi connectivity index (χ1) is 10.7. The van der Waals surface area contributed by atoms with Gasteiger partial charge in [0, 0.05) is 5.56 Å². The first-order valence-electron chi connectivity index (χ1n) is 7.59. The van der Waals surface area contributed by atoms with Crippen LogP contribution < -0.4 is 9.47 Å². The second kappa shape index (κ2) is 4.87. The van der Waals surface area contributed by atoms with Gasteiger partial charge in [-0.2, -0.15) is 0 Å². The minimum Gasteiger partial charge on any atom is -0.497 e. The lowest BCUT2D eigenvalue weighted by atomic mass is 9.75. The van der Waals surface area contributed by atoms with Crippen LogP contribution in [0.15, 0.2) is 36.4 Å². The first kappa shape index (κ1) is 13.4. The summed E-state index contributed by atoms with van der Waals surface area (Å²) in [6.07, 6.45) is 1.87. The molecule has 0 aromatic heterocycles. The fourth-order valence-corrected chi connectivity index (χ4v) is 3.95. The third-order valence-electron chi connectivity index (χ3n) is 4.98. The molecular formula is C19H18O3. The fourth-order valence-electron chi connectivity index (χ4n) is 3.95. The molecule has 2 atom stereocenters. The number of ketones is 1. The summed E-state index contributed by atoms with van der Waals surface area (Å²) in [5, 5.41) is 0. The molecule has 3 nitrogen and oxygen atoms in total. The molecule has 0 bridgehead atoms. The summed E-state index contributed by atoms with van der Waals surface area (Å²) in [6, 6.07) is 11.9. The van der Waals surface area contributed by atoms with E-state index in [-0.39, 0.29) is 11.7 Å². The van der Waals surface area contributed by atoms with Crippen molar-refractivity contribution >= 4 is 5.78 Å². The highest BCUT2D eigenvalue weighted by Gasteiger charge is 2.42. The molecule has 2 aliphatic carbocycles. The van der Waals surface area contributed by atoms with E-state index in [4.69, 9.17) is 9.47 Å². The van der Waals surface area contributed by atoms with Gasteiger partial charge >= 0.3 is 0 Å². The van der Waals surface area contributed by atoms with Gasteiger partial charge in [0.15, 0.2) is 5.78 Å². The largest absolute Gasteiger partial charge is 0.497 e. The molecular weight excluding hydrogens is 276 g/mol. The molecule has 22 heavy (non-hydrogen) atoms. The van der Waals surface area contributed by atoms with Crippen molar-refractivity contribution in [3.05, 3.63) is 58.7 Å². The number of carbonyl (C=O) groups is 1. The zero-order valence-electron chi connectivity index (χ0n) is 12.8. The average Bonchev–Trinajstić information content (AvgIpc) is 2.91. The lowest BCUT2D eigenvalue weighted by Crippen LogP contribution is -2.27. The number of Topliss-reactive ketones (excluding diaryl/α,β-unsaturated/α-hetero) is 1. The van der Waals surface area contributed by atoms with Gasteiger partial charge in [0.05, 0.1) is 20.1 Å². The van der Waals surface area contributed by atoms with E-state index in [1.54, 1.807) is 14.2 Å². The normalized spacial score (nSPS) is 21.8. The Morgan fingerprint density at radius 3 is 2.27 bits per heavy atom. The Balaban J connectivity index is 1.77. The lowest BCUT2D eigenvalue weighted by molar-refractivity contribution is 0.0923. The maximum atomic E-state index is 12.9. The molecule has 0 N–H and O–H groups in total. The van der Waals surface area contributed by atoms with Crippen molar-refractivity contribution in [2.24, 2.45) is 5.92 Å². The van der Waals surface area contributed by atoms with Crippen LogP contribution in [0.25, 0.3) is 0 Å². The molecule has 0 spiro atoms. The van der Waals surface area contributed by atoms with Crippen LogP contribution >= 0.6 is 0 Å². The Morgan fingerprint density at radius 1 is 0.909 bits per heavy atom. The van der Waals surface area contributed by atoms with Crippen molar-refractivity contribution in [2.45, 2.75) is 18.8 Å². The maximum Gasteiger partial charge on any atom is 0.170 e. The summed E-state index contributed by atoms with van der Waals surface area (Å²) in [5.41, 5.74) is 4.40. The molecule has 0 saturated heterocycles. The molecule has 2 unspecified atom stereocenters. The lowest BCUT2D eigenvalue weighted by Gasteiger charge is -2.27. The molecule has 0 aliphatic heterocycles. The summed E-state index contributed by atoms with van der Waals surface area (Å²) in [6.45, 7) is 0. The maximum absolute atomic E-state index is 12.9. The van der Waals surface area contributed by atoms with Crippen molar-refractivity contribution in [1.82, 2.24) is 0 Å². The minimum atomic E-state index is 0.00167. The van der Waals surface area contributed by atoms with E-state index >= 15 is 0 Å². The Bertz CT molecular complexity index is 763. The molecule has 3 heteroatoms. The van der Waals surface area contributed by atoms with E-state index < -0.39 is 0 Å². The molecule has 0 fully saturated rings. The van der Waals surface area contributed by atoms with E-state index in [2.05, 4.69) is 12.1 Å².